The zero-order valence-corrected chi connectivity index (χ0v) is 37.6. The first-order chi connectivity index (χ1) is 27.1. The van der Waals surface area contributed by atoms with Crippen LogP contribution in [0.2, 0.25) is 0 Å². The van der Waals surface area contributed by atoms with E-state index < -0.39 is 19.9 Å². The molecule has 0 radical (unpaired) electrons. The van der Waals surface area contributed by atoms with Crippen LogP contribution >= 0.6 is 7.82 Å². The molecule has 1 unspecified atom stereocenters. The molecule has 56 heavy (non-hydrogen) atoms. The lowest BCUT2D eigenvalue weighted by Gasteiger charge is -2.37. The van der Waals surface area contributed by atoms with Crippen LogP contribution in [-0.2, 0) is 32.7 Å². The fraction of sp³-hybridized carbons (Fsp3) is 0.870. The van der Waals surface area contributed by atoms with E-state index in [0.29, 0.717) is 19.3 Å². The topological polar surface area (TPSA) is 108 Å². The maximum atomic E-state index is 12.8. The maximum absolute atomic E-state index is 12.8. The minimum Gasteiger partial charge on any atom is -0.462 e. The molecular weight excluding hydrogens is 725 g/mol. The van der Waals surface area contributed by atoms with Gasteiger partial charge in [0, 0.05) is 25.7 Å². The van der Waals surface area contributed by atoms with Crippen LogP contribution in [0.15, 0.2) is 24.3 Å². The summed E-state index contributed by atoms with van der Waals surface area (Å²) in [6, 6.07) is 0. The third-order valence-corrected chi connectivity index (χ3v) is 11.9. The molecule has 1 aliphatic heterocycles. The highest BCUT2D eigenvalue weighted by molar-refractivity contribution is 7.47. The van der Waals surface area contributed by atoms with Gasteiger partial charge in [0.1, 0.15) is 6.61 Å². The minimum atomic E-state index is -4.40. The molecule has 0 aromatic carbocycles. The zero-order chi connectivity index (χ0) is 41.0. The normalized spacial score (nSPS) is 16.4. The summed E-state index contributed by atoms with van der Waals surface area (Å²) in [6.45, 7) is 5.57. The second-order valence-electron chi connectivity index (χ2n) is 16.9. The molecule has 2 atom stereocenters. The number of hydrogen-bond acceptors (Lipinski definition) is 7. The molecule has 1 rings (SSSR count). The fourth-order valence-corrected chi connectivity index (χ4v) is 8.05. The van der Waals surface area contributed by atoms with Crippen LogP contribution in [0.3, 0.4) is 0 Å². The predicted molar refractivity (Wildman–Crippen MR) is 231 cm³/mol. The van der Waals surface area contributed by atoms with Crippen LogP contribution in [0.5, 0.6) is 0 Å². The molecule has 0 bridgehead atoms. The Kier molecular flexibility index (Phi) is 33.2. The van der Waals surface area contributed by atoms with Crippen molar-refractivity contribution >= 4 is 19.8 Å². The molecule has 328 valence electrons. The molecule has 1 fully saturated rings. The average molecular weight is 813 g/mol. The van der Waals surface area contributed by atoms with Crippen molar-refractivity contribution in [3.05, 3.63) is 24.3 Å². The van der Waals surface area contributed by atoms with Crippen molar-refractivity contribution in [2.75, 3.05) is 40.4 Å². The molecule has 9 nitrogen and oxygen atoms in total. The van der Waals surface area contributed by atoms with E-state index in [9.17, 15) is 19.0 Å². The van der Waals surface area contributed by atoms with Gasteiger partial charge in [-0.3, -0.25) is 18.6 Å². The lowest BCUT2D eigenvalue weighted by atomic mass is 10.1. The molecule has 0 spiro atoms. The Morgan fingerprint density at radius 1 is 0.607 bits per heavy atom. The van der Waals surface area contributed by atoms with Crippen molar-refractivity contribution < 1.29 is 42.1 Å². The fourth-order valence-electron chi connectivity index (χ4n) is 7.04. The lowest BCUT2D eigenvalue weighted by molar-refractivity contribution is -0.896. The second-order valence-corrected chi connectivity index (χ2v) is 18.3. The van der Waals surface area contributed by atoms with Gasteiger partial charge in [-0.2, -0.15) is 0 Å². The number of quaternary nitrogens is 1. The van der Waals surface area contributed by atoms with Gasteiger partial charge in [-0.15, -0.1) is 0 Å². The average Bonchev–Trinajstić information content (AvgIpc) is 3.16. The van der Waals surface area contributed by atoms with Crippen molar-refractivity contribution in [2.24, 2.45) is 0 Å². The lowest BCUT2D eigenvalue weighted by Crippen LogP contribution is -2.47. The van der Waals surface area contributed by atoms with Crippen LogP contribution in [0.1, 0.15) is 206 Å². The number of carbonyl (C=O) groups is 2. The summed E-state index contributed by atoms with van der Waals surface area (Å²) in [6.07, 6.45) is 40.4. The number of hydrogen-bond donors (Lipinski definition) is 1. The summed E-state index contributed by atoms with van der Waals surface area (Å²) in [4.78, 5) is 35.8. The molecule has 0 amide bonds. The van der Waals surface area contributed by atoms with Gasteiger partial charge < -0.3 is 18.9 Å². The van der Waals surface area contributed by atoms with Gasteiger partial charge in [-0.05, 0) is 64.2 Å². The first kappa shape index (κ1) is 52.5. The number of likely N-dealkylation sites (tertiary alicyclic amines) is 1. The number of phosphoric ester groups is 1. The highest BCUT2D eigenvalue weighted by Crippen LogP contribution is 2.46. The van der Waals surface area contributed by atoms with Crippen LogP contribution < -0.4 is 0 Å². The van der Waals surface area contributed by atoms with Gasteiger partial charge in [0.05, 0.1) is 39.9 Å². The van der Waals surface area contributed by atoms with E-state index in [-0.39, 0.29) is 38.1 Å². The van der Waals surface area contributed by atoms with E-state index in [2.05, 4.69) is 52.2 Å². The van der Waals surface area contributed by atoms with Gasteiger partial charge in [0.2, 0.25) is 0 Å². The Balaban J connectivity index is 2.34. The summed E-state index contributed by atoms with van der Waals surface area (Å²) in [7, 11) is -0.145. The van der Waals surface area contributed by atoms with Crippen molar-refractivity contribution in [1.82, 2.24) is 0 Å². The van der Waals surface area contributed by atoms with Crippen LogP contribution in [0.25, 0.3) is 0 Å². The quantitative estimate of drug-likeness (QED) is 0.0216. The number of unbranched alkanes of at least 4 members (excludes halogenated alkanes) is 22. The number of allylic oxidation sites excluding steroid dienone is 4. The highest BCUT2D eigenvalue weighted by Gasteiger charge is 2.34. The molecule has 0 aliphatic carbocycles. The van der Waals surface area contributed by atoms with E-state index in [1.807, 2.05) is 0 Å². The minimum absolute atomic E-state index is 0.225. The molecule has 1 saturated heterocycles. The van der Waals surface area contributed by atoms with Crippen molar-refractivity contribution in [1.29, 1.82) is 0 Å². The maximum Gasteiger partial charge on any atom is 0.472 e. The van der Waals surface area contributed by atoms with Gasteiger partial charge in [0.15, 0.2) is 6.10 Å². The van der Waals surface area contributed by atoms with Gasteiger partial charge >= 0.3 is 19.8 Å². The van der Waals surface area contributed by atoms with E-state index >= 15 is 0 Å². The molecule has 0 aromatic rings. The van der Waals surface area contributed by atoms with Crippen molar-refractivity contribution in [3.63, 3.8) is 0 Å². The molecule has 1 heterocycles. The number of phosphoric acid groups is 1. The van der Waals surface area contributed by atoms with E-state index in [1.165, 1.54) is 89.9 Å². The number of rotatable bonds is 38. The van der Waals surface area contributed by atoms with Crippen LogP contribution in [0.4, 0.5) is 0 Å². The zero-order valence-electron chi connectivity index (χ0n) is 36.7. The molecule has 0 aromatic heterocycles. The Bertz CT molecular complexity index is 1050. The third kappa shape index (κ3) is 33.5. The molecule has 0 saturated carbocycles. The van der Waals surface area contributed by atoms with Crippen molar-refractivity contribution in [3.8, 4) is 0 Å². The first-order valence-electron chi connectivity index (χ1n) is 23.2. The first-order valence-corrected chi connectivity index (χ1v) is 24.7. The monoisotopic (exact) mass is 813 g/mol. The second kappa shape index (κ2) is 35.4. The Labute approximate surface area is 344 Å². The highest BCUT2D eigenvalue weighted by atomic mass is 31.2. The number of piperidine rings is 1. The van der Waals surface area contributed by atoms with Gasteiger partial charge in [-0.25, -0.2) is 4.57 Å². The Morgan fingerprint density at radius 2 is 1.00 bits per heavy atom. The Hall–Kier alpha value is -1.51. The van der Waals surface area contributed by atoms with Gasteiger partial charge in [0.25, 0.3) is 0 Å². The summed E-state index contributed by atoms with van der Waals surface area (Å²) in [5.74, 6) is -0.794. The third-order valence-electron chi connectivity index (χ3n) is 10.8. The summed E-state index contributed by atoms with van der Waals surface area (Å²) < 4.78 is 35.5. The van der Waals surface area contributed by atoms with Crippen LogP contribution in [-0.4, -0.2) is 73.9 Å². The van der Waals surface area contributed by atoms with Crippen molar-refractivity contribution in [2.45, 2.75) is 219 Å². The standard InChI is InChI=1S/C46H86NO8P/c1-5-7-9-11-13-15-17-19-21-23-25-27-29-31-33-35-45(48)52-41-44(42-53-56(50,51)55-43-37-39-47(3,4)40-38-43)54-46(49)36-34-32-30-28-26-24-22-20-18-16-14-12-10-8-6-2/h19-22,43-44H,5-18,23-42H2,1-4H3/p+1/b21-19-,22-20-/t44-/m1/s1. The van der Waals surface area contributed by atoms with E-state index in [1.54, 1.807) is 0 Å². The number of ether oxygens (including phenoxy) is 2. The summed E-state index contributed by atoms with van der Waals surface area (Å²) in [5, 5.41) is 0. The molecular formula is C46H87NO8P+. The summed E-state index contributed by atoms with van der Waals surface area (Å²) in [5.41, 5.74) is 0. The number of nitrogens with zero attached hydrogens (tertiary/aromatic N) is 1. The molecule has 1 aliphatic rings. The summed E-state index contributed by atoms with van der Waals surface area (Å²) >= 11 is 0. The molecule has 10 heteroatoms. The van der Waals surface area contributed by atoms with Gasteiger partial charge in [-0.1, -0.05) is 141 Å². The smallest absolute Gasteiger partial charge is 0.462 e. The Morgan fingerprint density at radius 3 is 1.45 bits per heavy atom. The number of esters is 2. The van der Waals surface area contributed by atoms with Crippen LogP contribution in [0, 0.1) is 0 Å². The van der Waals surface area contributed by atoms with E-state index in [4.69, 9.17) is 18.5 Å². The number of carbonyl (C=O) groups excluding carboxylic acids is 2. The van der Waals surface area contributed by atoms with E-state index in [0.717, 1.165) is 88.2 Å². The molecule has 1 N–H and O–H groups in total. The predicted octanol–water partition coefficient (Wildman–Crippen LogP) is 12.9. The SMILES string of the molecule is CCCCCCCC/C=C\CCCCCCCC(=O)OC[C@H](COP(=O)(O)OC1CC[N+](C)(C)CC1)OC(=O)CCCCCCC/C=C\CCCCCCCC. The largest absolute Gasteiger partial charge is 0.472 e.